The Labute approximate surface area is 111 Å². The average Bonchev–Trinajstić information content (AvgIpc) is 2.78. The zero-order valence-corrected chi connectivity index (χ0v) is 12.2. The van der Waals surface area contributed by atoms with Crippen LogP contribution in [0.2, 0.25) is 0 Å². The Bertz CT molecular complexity index is 264. The number of likely N-dealkylation sites (N-methyl/N-ethyl adjacent to an activating group) is 1. The summed E-state index contributed by atoms with van der Waals surface area (Å²) in [6.07, 6.45) is 3.99. The van der Waals surface area contributed by atoms with Gasteiger partial charge in [0.2, 0.25) is 0 Å². The summed E-state index contributed by atoms with van der Waals surface area (Å²) in [4.78, 5) is 5.09. The Kier molecular flexibility index (Phi) is 4.64. The maximum absolute atomic E-state index is 5.79. The van der Waals surface area contributed by atoms with Gasteiger partial charge in [0.1, 0.15) is 0 Å². The lowest BCUT2D eigenvalue weighted by Gasteiger charge is -2.50. The molecule has 0 aromatic carbocycles. The number of nitrogens with two attached hydrogens (primary N) is 1. The van der Waals surface area contributed by atoms with Crippen LogP contribution < -0.4 is 5.73 Å². The van der Waals surface area contributed by atoms with Gasteiger partial charge in [-0.15, -0.1) is 0 Å². The SMILES string of the molecule is CN1CC(CCN)N(CC2CCCO2)CC1(C)C. The van der Waals surface area contributed by atoms with Crippen molar-refractivity contribution in [2.24, 2.45) is 5.73 Å². The molecule has 2 heterocycles. The van der Waals surface area contributed by atoms with Crippen LogP contribution >= 0.6 is 0 Å². The fourth-order valence-electron chi connectivity index (χ4n) is 3.16. The highest BCUT2D eigenvalue weighted by molar-refractivity contribution is 4.94. The molecule has 2 atom stereocenters. The van der Waals surface area contributed by atoms with Gasteiger partial charge in [-0.05, 0) is 46.7 Å². The summed E-state index contributed by atoms with van der Waals surface area (Å²) in [7, 11) is 2.23. The van der Waals surface area contributed by atoms with Gasteiger partial charge in [0.05, 0.1) is 6.10 Å². The summed E-state index contributed by atoms with van der Waals surface area (Å²) in [5.74, 6) is 0. The molecule has 0 radical (unpaired) electrons. The molecule has 0 aliphatic carbocycles. The van der Waals surface area contributed by atoms with Crippen LogP contribution in [0.4, 0.5) is 0 Å². The quantitative estimate of drug-likeness (QED) is 0.811. The lowest BCUT2D eigenvalue weighted by atomic mass is 9.94. The minimum atomic E-state index is 0.254. The lowest BCUT2D eigenvalue weighted by molar-refractivity contribution is -0.0288. The van der Waals surface area contributed by atoms with Gasteiger partial charge >= 0.3 is 0 Å². The number of nitrogens with zero attached hydrogens (tertiary/aromatic N) is 2. The maximum Gasteiger partial charge on any atom is 0.0702 e. The van der Waals surface area contributed by atoms with Crippen molar-refractivity contribution >= 4 is 0 Å². The smallest absolute Gasteiger partial charge is 0.0702 e. The monoisotopic (exact) mass is 255 g/mol. The first kappa shape index (κ1) is 14.3. The minimum absolute atomic E-state index is 0.254. The fourth-order valence-corrected chi connectivity index (χ4v) is 3.16. The van der Waals surface area contributed by atoms with E-state index in [1.807, 2.05) is 0 Å². The molecule has 2 unspecified atom stereocenters. The third-order valence-electron chi connectivity index (χ3n) is 4.59. The number of hydrogen-bond donors (Lipinski definition) is 1. The number of rotatable bonds is 4. The first-order valence-corrected chi connectivity index (χ1v) is 7.30. The predicted octanol–water partition coefficient (Wildman–Crippen LogP) is 0.909. The Morgan fingerprint density at radius 3 is 2.78 bits per heavy atom. The molecule has 0 spiro atoms. The Balaban J connectivity index is 1.98. The van der Waals surface area contributed by atoms with E-state index in [1.54, 1.807) is 0 Å². The molecule has 106 valence electrons. The van der Waals surface area contributed by atoms with Gasteiger partial charge in [0, 0.05) is 37.8 Å². The van der Waals surface area contributed by atoms with Gasteiger partial charge in [0.15, 0.2) is 0 Å². The van der Waals surface area contributed by atoms with E-state index in [0.29, 0.717) is 12.1 Å². The molecule has 2 rings (SSSR count). The molecule has 0 aromatic rings. The summed E-state index contributed by atoms with van der Waals surface area (Å²) in [6.45, 7) is 9.71. The molecule has 4 heteroatoms. The number of piperazine rings is 1. The molecule has 0 amide bonds. The van der Waals surface area contributed by atoms with Crippen LogP contribution in [-0.2, 0) is 4.74 Å². The van der Waals surface area contributed by atoms with Crippen molar-refractivity contribution < 1.29 is 4.74 Å². The van der Waals surface area contributed by atoms with Crippen LogP contribution in [-0.4, -0.2) is 67.3 Å². The van der Waals surface area contributed by atoms with Gasteiger partial charge in [-0.3, -0.25) is 9.80 Å². The van der Waals surface area contributed by atoms with Crippen molar-refractivity contribution in [2.75, 3.05) is 39.8 Å². The third kappa shape index (κ3) is 3.23. The highest BCUT2D eigenvalue weighted by Crippen LogP contribution is 2.26. The topological polar surface area (TPSA) is 41.7 Å². The molecule has 2 aliphatic heterocycles. The Morgan fingerprint density at radius 1 is 1.39 bits per heavy atom. The predicted molar refractivity (Wildman–Crippen MR) is 74.7 cm³/mol. The molecule has 0 aromatic heterocycles. The molecule has 2 fully saturated rings. The molecule has 2 saturated heterocycles. The highest BCUT2D eigenvalue weighted by Gasteiger charge is 2.37. The van der Waals surface area contributed by atoms with E-state index in [2.05, 4.69) is 30.7 Å². The van der Waals surface area contributed by atoms with Crippen LogP contribution in [0, 0.1) is 0 Å². The van der Waals surface area contributed by atoms with Gasteiger partial charge in [-0.25, -0.2) is 0 Å². The van der Waals surface area contributed by atoms with Crippen LogP contribution in [0.5, 0.6) is 0 Å². The second kappa shape index (κ2) is 5.87. The zero-order valence-electron chi connectivity index (χ0n) is 12.2. The number of ether oxygens (including phenoxy) is 1. The first-order valence-electron chi connectivity index (χ1n) is 7.30. The summed E-state index contributed by atoms with van der Waals surface area (Å²) in [5.41, 5.74) is 6.02. The number of hydrogen-bond acceptors (Lipinski definition) is 4. The van der Waals surface area contributed by atoms with Crippen molar-refractivity contribution in [3.05, 3.63) is 0 Å². The van der Waals surface area contributed by atoms with Crippen LogP contribution in [0.15, 0.2) is 0 Å². The van der Waals surface area contributed by atoms with E-state index in [4.69, 9.17) is 10.5 Å². The summed E-state index contributed by atoms with van der Waals surface area (Å²) < 4.78 is 5.79. The summed E-state index contributed by atoms with van der Waals surface area (Å²) in [6, 6.07) is 0.595. The summed E-state index contributed by atoms with van der Waals surface area (Å²) >= 11 is 0. The second-order valence-electron chi connectivity index (χ2n) is 6.49. The molecular weight excluding hydrogens is 226 g/mol. The van der Waals surface area contributed by atoms with Crippen molar-refractivity contribution in [3.63, 3.8) is 0 Å². The lowest BCUT2D eigenvalue weighted by Crippen LogP contribution is -2.63. The third-order valence-corrected chi connectivity index (χ3v) is 4.59. The van der Waals surface area contributed by atoms with E-state index >= 15 is 0 Å². The van der Waals surface area contributed by atoms with E-state index in [0.717, 1.165) is 39.2 Å². The van der Waals surface area contributed by atoms with Crippen molar-refractivity contribution in [2.45, 2.75) is 50.8 Å². The van der Waals surface area contributed by atoms with Crippen LogP contribution in [0.25, 0.3) is 0 Å². The molecule has 18 heavy (non-hydrogen) atoms. The molecule has 0 bridgehead atoms. The van der Waals surface area contributed by atoms with E-state index in [9.17, 15) is 0 Å². The standard InChI is InChI=1S/C14H29N3O/c1-14(2)11-17(10-13-5-4-8-18-13)12(6-7-15)9-16(14)3/h12-13H,4-11,15H2,1-3H3. The fraction of sp³-hybridized carbons (Fsp3) is 1.00. The van der Waals surface area contributed by atoms with E-state index in [1.165, 1.54) is 12.8 Å². The van der Waals surface area contributed by atoms with Gasteiger partial charge in [-0.2, -0.15) is 0 Å². The highest BCUT2D eigenvalue weighted by atomic mass is 16.5. The molecular formula is C14H29N3O. The van der Waals surface area contributed by atoms with E-state index < -0.39 is 0 Å². The largest absolute Gasteiger partial charge is 0.377 e. The Hall–Kier alpha value is -0.160. The summed E-state index contributed by atoms with van der Waals surface area (Å²) in [5, 5.41) is 0. The van der Waals surface area contributed by atoms with Crippen molar-refractivity contribution in [1.29, 1.82) is 0 Å². The van der Waals surface area contributed by atoms with Gasteiger partial charge in [0.25, 0.3) is 0 Å². The maximum atomic E-state index is 5.79. The second-order valence-corrected chi connectivity index (χ2v) is 6.49. The van der Waals surface area contributed by atoms with Crippen molar-refractivity contribution in [3.8, 4) is 0 Å². The normalized spacial score (nSPS) is 34.0. The van der Waals surface area contributed by atoms with E-state index in [-0.39, 0.29) is 5.54 Å². The molecule has 0 saturated carbocycles. The molecule has 4 nitrogen and oxygen atoms in total. The van der Waals surface area contributed by atoms with Gasteiger partial charge < -0.3 is 10.5 Å². The Morgan fingerprint density at radius 2 is 2.17 bits per heavy atom. The minimum Gasteiger partial charge on any atom is -0.377 e. The van der Waals surface area contributed by atoms with Crippen LogP contribution in [0.1, 0.15) is 33.1 Å². The molecule has 2 aliphatic rings. The zero-order chi connectivity index (χ0) is 13.2. The van der Waals surface area contributed by atoms with Gasteiger partial charge in [-0.1, -0.05) is 0 Å². The first-order chi connectivity index (χ1) is 8.53. The molecule has 2 N–H and O–H groups in total. The van der Waals surface area contributed by atoms with Crippen molar-refractivity contribution in [1.82, 2.24) is 9.80 Å². The average molecular weight is 255 g/mol. The van der Waals surface area contributed by atoms with Crippen LogP contribution in [0.3, 0.4) is 0 Å².